The van der Waals surface area contributed by atoms with Crippen molar-refractivity contribution in [2.24, 2.45) is 11.8 Å². The number of alkyl halides is 3. The second kappa shape index (κ2) is 7.96. The lowest BCUT2D eigenvalue weighted by molar-refractivity contribution is -0.385. The fourth-order valence-corrected chi connectivity index (χ4v) is 4.48. The maximum Gasteiger partial charge on any atom is 0.416 e. The van der Waals surface area contributed by atoms with Crippen molar-refractivity contribution >= 4 is 17.0 Å². The molecule has 2 atom stereocenters. The average molecular weight is 447 g/mol. The number of allylic oxidation sites excluding steroid dienone is 2. The van der Waals surface area contributed by atoms with Gasteiger partial charge in [0.05, 0.1) is 16.1 Å². The van der Waals surface area contributed by atoms with Crippen molar-refractivity contribution in [3.63, 3.8) is 0 Å². The highest BCUT2D eigenvalue weighted by molar-refractivity contribution is 6.23. The molecule has 0 saturated heterocycles. The third-order valence-corrected chi connectivity index (χ3v) is 6.13. The van der Waals surface area contributed by atoms with Crippen molar-refractivity contribution in [2.45, 2.75) is 38.8 Å². The third kappa shape index (κ3) is 3.83. The van der Waals surface area contributed by atoms with Gasteiger partial charge in [0.15, 0.2) is 5.78 Å². The van der Waals surface area contributed by atoms with Gasteiger partial charge in [-0.2, -0.15) is 13.2 Å². The second-order valence-electron chi connectivity index (χ2n) is 8.04. The average Bonchev–Trinajstić information content (AvgIpc) is 3.19. The monoisotopic (exact) mass is 447 g/mol. The number of carbonyl (C=O) groups is 1. The summed E-state index contributed by atoms with van der Waals surface area (Å²) in [6, 6.07) is 6.76. The minimum atomic E-state index is -4.73. The molecule has 0 aliphatic heterocycles. The Labute approximate surface area is 181 Å². The Bertz CT molecular complexity index is 1140. The van der Waals surface area contributed by atoms with Gasteiger partial charge in [0.1, 0.15) is 11.5 Å². The van der Waals surface area contributed by atoms with Crippen molar-refractivity contribution in [3.8, 4) is 11.5 Å². The molecule has 2 aromatic rings. The number of nitro benzene ring substituents is 1. The van der Waals surface area contributed by atoms with Crippen LogP contribution in [-0.2, 0) is 17.4 Å². The van der Waals surface area contributed by atoms with Gasteiger partial charge in [-0.15, -0.1) is 0 Å². The molecule has 0 amide bonds. The van der Waals surface area contributed by atoms with Gasteiger partial charge in [0, 0.05) is 17.9 Å². The van der Waals surface area contributed by atoms with Crippen molar-refractivity contribution in [1.29, 1.82) is 0 Å². The van der Waals surface area contributed by atoms with E-state index < -0.39 is 22.4 Å². The second-order valence-corrected chi connectivity index (χ2v) is 8.04. The number of aliphatic hydroxyl groups is 1. The van der Waals surface area contributed by atoms with Crippen LogP contribution in [0, 0.1) is 22.0 Å². The maximum absolute atomic E-state index is 13.0. The van der Waals surface area contributed by atoms with Gasteiger partial charge >= 0.3 is 11.9 Å². The number of rotatable bonds is 5. The summed E-state index contributed by atoms with van der Waals surface area (Å²) in [6.07, 6.45) is -2.09. The Balaban J connectivity index is 1.75. The largest absolute Gasteiger partial charge is 0.511 e. The first-order valence-electron chi connectivity index (χ1n) is 10.2. The van der Waals surface area contributed by atoms with Crippen LogP contribution < -0.4 is 4.74 Å². The Morgan fingerprint density at radius 2 is 1.88 bits per heavy atom. The topological polar surface area (TPSA) is 89.7 Å². The summed E-state index contributed by atoms with van der Waals surface area (Å²) in [4.78, 5) is 23.4. The van der Waals surface area contributed by atoms with E-state index in [1.165, 1.54) is 12.1 Å². The molecule has 1 N–H and O–H groups in total. The van der Waals surface area contributed by atoms with Gasteiger partial charge in [-0.05, 0) is 61.1 Å². The van der Waals surface area contributed by atoms with Crippen LogP contribution in [-0.4, -0.2) is 15.8 Å². The van der Waals surface area contributed by atoms with Crippen LogP contribution in [0.15, 0.2) is 42.2 Å². The fraction of sp³-hybridized carbons (Fsp3) is 0.348. The van der Waals surface area contributed by atoms with E-state index in [4.69, 9.17) is 4.74 Å². The number of hydrogen-bond donors (Lipinski definition) is 1. The van der Waals surface area contributed by atoms with E-state index >= 15 is 0 Å². The zero-order valence-electron chi connectivity index (χ0n) is 17.1. The van der Waals surface area contributed by atoms with E-state index in [0.717, 1.165) is 18.1 Å². The number of aryl methyl sites for hydroxylation is 1. The van der Waals surface area contributed by atoms with E-state index in [1.807, 2.05) is 6.92 Å². The molecule has 0 aromatic heterocycles. The zero-order chi connectivity index (χ0) is 23.2. The minimum Gasteiger partial charge on any atom is -0.511 e. The molecule has 0 radical (unpaired) electrons. The van der Waals surface area contributed by atoms with Crippen molar-refractivity contribution in [1.82, 2.24) is 0 Å². The van der Waals surface area contributed by atoms with Gasteiger partial charge in [-0.25, -0.2) is 0 Å². The highest BCUT2D eigenvalue weighted by Gasteiger charge is 2.41. The molecule has 32 heavy (non-hydrogen) atoms. The van der Waals surface area contributed by atoms with E-state index in [1.54, 1.807) is 6.07 Å². The molecule has 1 saturated carbocycles. The summed E-state index contributed by atoms with van der Waals surface area (Å²) in [6.45, 7) is 1.89. The molecule has 168 valence electrons. The van der Waals surface area contributed by atoms with Gasteiger partial charge < -0.3 is 9.84 Å². The molecule has 0 unspecified atom stereocenters. The van der Waals surface area contributed by atoms with Crippen LogP contribution in [0.2, 0.25) is 0 Å². The van der Waals surface area contributed by atoms with Crippen LogP contribution in [0.25, 0.3) is 5.57 Å². The number of aliphatic hydroxyl groups excluding tert-OH is 1. The molecule has 1 fully saturated rings. The molecule has 2 aliphatic rings. The molecule has 2 aliphatic carbocycles. The van der Waals surface area contributed by atoms with Crippen LogP contribution in [0.3, 0.4) is 0 Å². The van der Waals surface area contributed by atoms with Crippen molar-refractivity contribution < 1.29 is 32.7 Å². The normalized spacial score (nSPS) is 20.6. The number of nitrogens with zero attached hydrogens (tertiary/aromatic N) is 1. The standard InChI is InChI=1S/C23H20F3NO5/c1-2-12-5-7-16(11-17(12)20-21(28)13-3-4-14(9-13)22(20)29)32-19-8-6-15(23(24,25)26)10-18(19)27(30)31/h5-8,10-11,13-14,28H,2-4,9H2,1H3/t13-,14-/m1/s1. The van der Waals surface area contributed by atoms with Crippen molar-refractivity contribution in [2.75, 3.05) is 0 Å². The third-order valence-electron chi connectivity index (χ3n) is 6.13. The fourth-order valence-electron chi connectivity index (χ4n) is 4.48. The van der Waals surface area contributed by atoms with Gasteiger partial charge in [0.2, 0.25) is 5.75 Å². The maximum atomic E-state index is 13.0. The van der Waals surface area contributed by atoms with Crippen molar-refractivity contribution in [3.05, 3.63) is 69.0 Å². The number of nitro groups is 1. The SMILES string of the molecule is CCc1ccc(Oc2ccc(C(F)(F)F)cc2[N+](=O)[O-])cc1C1=C(O)[C@@H]2CC[C@H](C2)C1=O. The molecule has 0 spiro atoms. The summed E-state index contributed by atoms with van der Waals surface area (Å²) in [5.41, 5.74) is -0.464. The predicted octanol–water partition coefficient (Wildman–Crippen LogP) is 6.24. The first kappa shape index (κ1) is 21.9. The molecule has 2 bridgehead atoms. The van der Waals surface area contributed by atoms with Gasteiger partial charge in [-0.1, -0.05) is 13.0 Å². The lowest BCUT2D eigenvalue weighted by Crippen LogP contribution is -2.21. The zero-order valence-corrected chi connectivity index (χ0v) is 17.1. The lowest BCUT2D eigenvalue weighted by Gasteiger charge is -2.23. The Hall–Kier alpha value is -3.36. The number of benzene rings is 2. The highest BCUT2D eigenvalue weighted by Crippen LogP contribution is 2.46. The smallest absolute Gasteiger partial charge is 0.416 e. The number of Topliss-reactive ketones (excluding diaryl/α,β-unsaturated/α-hetero) is 1. The Morgan fingerprint density at radius 1 is 1.16 bits per heavy atom. The quantitative estimate of drug-likeness (QED) is 0.433. The van der Waals surface area contributed by atoms with Gasteiger partial charge in [-0.3, -0.25) is 14.9 Å². The highest BCUT2D eigenvalue weighted by atomic mass is 19.4. The number of halogens is 3. The summed E-state index contributed by atoms with van der Waals surface area (Å²) in [7, 11) is 0. The predicted molar refractivity (Wildman–Crippen MR) is 109 cm³/mol. The summed E-state index contributed by atoms with van der Waals surface area (Å²) < 4.78 is 44.4. The number of fused-ring (bicyclic) bond motifs is 2. The molecular weight excluding hydrogens is 427 g/mol. The lowest BCUT2D eigenvalue weighted by atomic mass is 9.81. The number of ketones is 1. The molecule has 0 heterocycles. The number of ether oxygens (including phenoxy) is 1. The van der Waals surface area contributed by atoms with Crippen LogP contribution in [0.1, 0.15) is 42.9 Å². The number of hydrogen-bond acceptors (Lipinski definition) is 5. The first-order valence-corrected chi connectivity index (χ1v) is 10.2. The Morgan fingerprint density at radius 3 is 2.53 bits per heavy atom. The molecule has 4 rings (SSSR count). The first-order chi connectivity index (χ1) is 15.1. The van der Waals surface area contributed by atoms with Crippen LogP contribution in [0.4, 0.5) is 18.9 Å². The molecule has 2 aromatic carbocycles. The summed E-state index contributed by atoms with van der Waals surface area (Å²) in [5, 5.41) is 22.1. The summed E-state index contributed by atoms with van der Waals surface area (Å²) in [5.74, 6) is -0.536. The van der Waals surface area contributed by atoms with E-state index in [2.05, 4.69) is 0 Å². The molecule has 9 heteroatoms. The summed E-state index contributed by atoms with van der Waals surface area (Å²) >= 11 is 0. The van der Waals surface area contributed by atoms with E-state index in [-0.39, 0.29) is 40.5 Å². The number of carbonyl (C=O) groups excluding carboxylic acids is 1. The Kier molecular flexibility index (Phi) is 5.44. The minimum absolute atomic E-state index is 0.0520. The van der Waals surface area contributed by atoms with Crippen LogP contribution in [0.5, 0.6) is 11.5 Å². The van der Waals surface area contributed by atoms with Crippen LogP contribution >= 0.6 is 0 Å². The van der Waals surface area contributed by atoms with E-state index in [9.17, 15) is 33.2 Å². The van der Waals surface area contributed by atoms with Gasteiger partial charge in [0.25, 0.3) is 0 Å². The molecular formula is C23H20F3NO5. The van der Waals surface area contributed by atoms with E-state index in [0.29, 0.717) is 37.0 Å². The molecule has 6 nitrogen and oxygen atoms in total.